The Hall–Kier alpha value is -2.89. The molecule has 1 saturated heterocycles. The number of anilines is 1. The van der Waals surface area contributed by atoms with Gasteiger partial charge in [0, 0.05) is 44.9 Å². The lowest BCUT2D eigenvalue weighted by Crippen LogP contribution is -2.49. The molecular formula is C18H18N4O2. The van der Waals surface area contributed by atoms with Gasteiger partial charge in [-0.2, -0.15) is 0 Å². The molecule has 0 saturated carbocycles. The first kappa shape index (κ1) is 14.7. The van der Waals surface area contributed by atoms with Crippen LogP contribution in [0.3, 0.4) is 0 Å². The molecule has 0 spiro atoms. The highest BCUT2D eigenvalue weighted by atomic mass is 16.3. The van der Waals surface area contributed by atoms with Gasteiger partial charge in [0.1, 0.15) is 11.3 Å². The summed E-state index contributed by atoms with van der Waals surface area (Å²) in [6, 6.07) is 11.3. The molecule has 1 amide bonds. The Morgan fingerprint density at radius 2 is 1.96 bits per heavy atom. The molecule has 3 aromatic rings. The van der Waals surface area contributed by atoms with E-state index < -0.39 is 0 Å². The van der Waals surface area contributed by atoms with Gasteiger partial charge >= 0.3 is 0 Å². The minimum Gasteiger partial charge on any atom is -0.441 e. The number of benzene rings is 1. The van der Waals surface area contributed by atoms with Crippen molar-refractivity contribution in [3.63, 3.8) is 0 Å². The van der Waals surface area contributed by atoms with Gasteiger partial charge in [0.2, 0.25) is 0 Å². The van der Waals surface area contributed by atoms with Crippen molar-refractivity contribution in [2.45, 2.75) is 6.92 Å². The molecule has 0 aliphatic carbocycles. The number of carbonyl (C=O) groups is 1. The van der Waals surface area contributed by atoms with E-state index in [1.165, 1.54) is 0 Å². The van der Waals surface area contributed by atoms with Crippen LogP contribution in [0.25, 0.3) is 11.1 Å². The number of hydrogen-bond acceptors (Lipinski definition) is 5. The van der Waals surface area contributed by atoms with Gasteiger partial charge in [0.05, 0.1) is 0 Å². The van der Waals surface area contributed by atoms with Crippen LogP contribution in [0.4, 0.5) is 5.82 Å². The van der Waals surface area contributed by atoms with Crippen LogP contribution in [0, 0.1) is 6.92 Å². The van der Waals surface area contributed by atoms with Crippen LogP contribution in [0.15, 0.2) is 47.0 Å². The summed E-state index contributed by atoms with van der Waals surface area (Å²) in [7, 11) is 0. The van der Waals surface area contributed by atoms with Crippen LogP contribution in [0.5, 0.6) is 0 Å². The molecule has 0 atom stereocenters. The van der Waals surface area contributed by atoms with Gasteiger partial charge in [0.25, 0.3) is 5.91 Å². The Kier molecular flexibility index (Phi) is 3.65. The molecule has 6 heteroatoms. The summed E-state index contributed by atoms with van der Waals surface area (Å²) in [6.07, 6.45) is 1.79. The molecule has 1 aliphatic rings. The summed E-state index contributed by atoms with van der Waals surface area (Å²) in [6.45, 7) is 4.74. The summed E-state index contributed by atoms with van der Waals surface area (Å²) in [5.74, 6) is 1.60. The number of carbonyl (C=O) groups excluding carboxylic acids is 1. The molecule has 0 N–H and O–H groups in total. The van der Waals surface area contributed by atoms with E-state index in [0.717, 1.165) is 24.4 Å². The topological polar surface area (TPSA) is 62.5 Å². The third-order valence-electron chi connectivity index (χ3n) is 4.28. The van der Waals surface area contributed by atoms with Crippen molar-refractivity contribution in [3.8, 4) is 0 Å². The van der Waals surface area contributed by atoms with Gasteiger partial charge in [-0.05, 0) is 30.3 Å². The maximum atomic E-state index is 12.7. The molecule has 122 valence electrons. The summed E-state index contributed by atoms with van der Waals surface area (Å²) in [5, 5.41) is 0. The third-order valence-corrected chi connectivity index (χ3v) is 4.28. The zero-order valence-electron chi connectivity index (χ0n) is 13.5. The zero-order chi connectivity index (χ0) is 16.5. The van der Waals surface area contributed by atoms with E-state index in [1.54, 1.807) is 19.2 Å². The molecule has 6 nitrogen and oxygen atoms in total. The van der Waals surface area contributed by atoms with E-state index >= 15 is 0 Å². The van der Waals surface area contributed by atoms with Crippen molar-refractivity contribution >= 4 is 22.8 Å². The average Bonchev–Trinajstić information content (AvgIpc) is 3.01. The SMILES string of the molecule is Cc1nc2ccc(C(=O)N3CCN(c4ccccn4)CC3)cc2o1. The highest BCUT2D eigenvalue weighted by molar-refractivity contribution is 5.97. The largest absolute Gasteiger partial charge is 0.441 e. The van der Waals surface area contributed by atoms with E-state index in [4.69, 9.17) is 4.42 Å². The molecule has 0 unspecified atom stereocenters. The number of nitrogens with zero attached hydrogens (tertiary/aromatic N) is 4. The standard InChI is InChI=1S/C18H18N4O2/c1-13-20-15-6-5-14(12-16(15)24-13)18(23)22-10-8-21(9-11-22)17-4-2-3-7-19-17/h2-7,12H,8-11H2,1H3. The highest BCUT2D eigenvalue weighted by Gasteiger charge is 2.23. The van der Waals surface area contributed by atoms with Crippen molar-refractivity contribution in [2.24, 2.45) is 0 Å². The van der Waals surface area contributed by atoms with Crippen LogP contribution in [-0.4, -0.2) is 47.0 Å². The van der Waals surface area contributed by atoms with Crippen molar-refractivity contribution in [1.29, 1.82) is 0 Å². The Balaban J connectivity index is 1.47. The smallest absolute Gasteiger partial charge is 0.254 e. The van der Waals surface area contributed by atoms with Crippen LogP contribution in [0.1, 0.15) is 16.2 Å². The second-order valence-electron chi connectivity index (χ2n) is 5.88. The van der Waals surface area contributed by atoms with Crippen LogP contribution < -0.4 is 4.90 Å². The minimum absolute atomic E-state index is 0.0339. The van der Waals surface area contributed by atoms with Gasteiger partial charge in [-0.15, -0.1) is 0 Å². The average molecular weight is 322 g/mol. The maximum absolute atomic E-state index is 12.7. The van der Waals surface area contributed by atoms with Crippen molar-refractivity contribution < 1.29 is 9.21 Å². The molecule has 4 rings (SSSR count). The molecule has 1 fully saturated rings. The first-order valence-electron chi connectivity index (χ1n) is 8.03. The maximum Gasteiger partial charge on any atom is 0.254 e. The predicted octanol–water partition coefficient (Wildman–Crippen LogP) is 2.49. The Morgan fingerprint density at radius 3 is 2.71 bits per heavy atom. The van der Waals surface area contributed by atoms with E-state index in [9.17, 15) is 4.79 Å². The Labute approximate surface area is 139 Å². The fourth-order valence-electron chi connectivity index (χ4n) is 3.03. The normalized spacial score (nSPS) is 15.0. The van der Waals surface area contributed by atoms with E-state index in [0.29, 0.717) is 30.1 Å². The molecule has 1 aromatic carbocycles. The molecule has 3 heterocycles. The summed E-state index contributed by atoms with van der Waals surface area (Å²) < 4.78 is 5.52. The van der Waals surface area contributed by atoms with Gasteiger partial charge in [-0.3, -0.25) is 4.79 Å². The van der Waals surface area contributed by atoms with Crippen molar-refractivity contribution in [3.05, 3.63) is 54.0 Å². The Bertz CT molecular complexity index is 867. The number of pyridine rings is 1. The molecular weight excluding hydrogens is 304 g/mol. The second kappa shape index (κ2) is 5.96. The summed E-state index contributed by atoms with van der Waals surface area (Å²) in [5.41, 5.74) is 2.08. The molecule has 1 aliphatic heterocycles. The number of hydrogen-bond donors (Lipinski definition) is 0. The monoisotopic (exact) mass is 322 g/mol. The number of amides is 1. The highest BCUT2D eigenvalue weighted by Crippen LogP contribution is 2.19. The molecule has 2 aromatic heterocycles. The lowest BCUT2D eigenvalue weighted by Gasteiger charge is -2.35. The number of oxazole rings is 1. The predicted molar refractivity (Wildman–Crippen MR) is 91.1 cm³/mol. The summed E-state index contributed by atoms with van der Waals surface area (Å²) >= 11 is 0. The van der Waals surface area contributed by atoms with Crippen LogP contribution in [-0.2, 0) is 0 Å². The number of aryl methyl sites for hydroxylation is 1. The fraction of sp³-hybridized carbons (Fsp3) is 0.278. The van der Waals surface area contributed by atoms with E-state index in [-0.39, 0.29) is 5.91 Å². The first-order valence-corrected chi connectivity index (χ1v) is 8.03. The van der Waals surface area contributed by atoms with Gasteiger partial charge in [-0.25, -0.2) is 9.97 Å². The van der Waals surface area contributed by atoms with Crippen LogP contribution >= 0.6 is 0 Å². The number of piperazine rings is 1. The Morgan fingerprint density at radius 1 is 1.12 bits per heavy atom. The number of rotatable bonds is 2. The van der Waals surface area contributed by atoms with Crippen molar-refractivity contribution in [1.82, 2.24) is 14.9 Å². The van der Waals surface area contributed by atoms with Gasteiger partial charge in [-0.1, -0.05) is 6.07 Å². The lowest BCUT2D eigenvalue weighted by molar-refractivity contribution is 0.0746. The lowest BCUT2D eigenvalue weighted by atomic mass is 10.1. The zero-order valence-corrected chi connectivity index (χ0v) is 13.5. The quantitative estimate of drug-likeness (QED) is 0.725. The number of fused-ring (bicyclic) bond motifs is 1. The molecule has 0 radical (unpaired) electrons. The number of aromatic nitrogens is 2. The third kappa shape index (κ3) is 2.71. The van der Waals surface area contributed by atoms with Gasteiger partial charge in [0.15, 0.2) is 11.5 Å². The van der Waals surface area contributed by atoms with E-state index in [2.05, 4.69) is 14.9 Å². The van der Waals surface area contributed by atoms with Gasteiger partial charge < -0.3 is 14.2 Å². The first-order chi connectivity index (χ1) is 11.7. The summed E-state index contributed by atoms with van der Waals surface area (Å²) in [4.78, 5) is 25.4. The second-order valence-corrected chi connectivity index (χ2v) is 5.88. The fourth-order valence-corrected chi connectivity index (χ4v) is 3.03. The molecule has 0 bridgehead atoms. The van der Waals surface area contributed by atoms with E-state index in [1.807, 2.05) is 35.2 Å². The molecule has 24 heavy (non-hydrogen) atoms. The minimum atomic E-state index is 0.0339. The van der Waals surface area contributed by atoms with Crippen LogP contribution in [0.2, 0.25) is 0 Å². The van der Waals surface area contributed by atoms with Crippen molar-refractivity contribution in [2.75, 3.05) is 31.1 Å².